The molecule has 1 aliphatic rings. The van der Waals surface area contributed by atoms with E-state index in [2.05, 4.69) is 6.92 Å². The standard InChI is InChI=1S/C26H38N2O6/c1-2-3-4-6-12-19(13-7-5-8-17-23(30)24(27)31)34-26(33)21-15-11-18-28(21)25(32)20-14-9-10-16-22(20)29/h9-11,14,16,18-19,21,23,29-30H,2-8,12-13,15,17H2,1H3,(H2,27,31). The second kappa shape index (κ2) is 14.4. The topological polar surface area (TPSA) is 130 Å². The summed E-state index contributed by atoms with van der Waals surface area (Å²) in [5, 5.41) is 19.5. The molecule has 0 aliphatic carbocycles. The van der Waals surface area contributed by atoms with Crippen molar-refractivity contribution in [3.05, 3.63) is 42.1 Å². The minimum Gasteiger partial charge on any atom is -0.507 e. The van der Waals surface area contributed by atoms with Crippen molar-refractivity contribution in [2.45, 2.75) is 95.8 Å². The molecule has 0 spiro atoms. The first kappa shape index (κ1) is 27.4. The molecule has 1 aliphatic heterocycles. The first-order valence-electron chi connectivity index (χ1n) is 12.3. The fraction of sp³-hybridized carbons (Fsp3) is 0.577. The number of primary amides is 1. The second-order valence-corrected chi connectivity index (χ2v) is 8.83. The van der Waals surface area contributed by atoms with Crippen molar-refractivity contribution in [2.75, 3.05) is 0 Å². The molecule has 34 heavy (non-hydrogen) atoms. The van der Waals surface area contributed by atoms with Crippen LogP contribution in [0.25, 0.3) is 0 Å². The number of unbranched alkanes of at least 4 members (excludes halogenated alkanes) is 5. The number of aromatic hydroxyl groups is 1. The monoisotopic (exact) mass is 474 g/mol. The third-order valence-electron chi connectivity index (χ3n) is 6.10. The molecule has 0 saturated carbocycles. The third-order valence-corrected chi connectivity index (χ3v) is 6.10. The Morgan fingerprint density at radius 3 is 2.35 bits per heavy atom. The van der Waals surface area contributed by atoms with Crippen molar-refractivity contribution >= 4 is 17.8 Å². The summed E-state index contributed by atoms with van der Waals surface area (Å²) in [5.41, 5.74) is 5.22. The second-order valence-electron chi connectivity index (χ2n) is 8.83. The maximum atomic E-state index is 13.0. The zero-order valence-electron chi connectivity index (χ0n) is 20.0. The van der Waals surface area contributed by atoms with E-state index in [1.54, 1.807) is 24.4 Å². The molecule has 4 N–H and O–H groups in total. The molecule has 1 aromatic rings. The van der Waals surface area contributed by atoms with Crippen LogP contribution in [0.3, 0.4) is 0 Å². The lowest BCUT2D eigenvalue weighted by Crippen LogP contribution is -2.41. The number of nitrogens with zero attached hydrogens (tertiary/aromatic N) is 1. The van der Waals surface area contributed by atoms with Gasteiger partial charge < -0.3 is 25.6 Å². The summed E-state index contributed by atoms with van der Waals surface area (Å²) in [6.45, 7) is 2.14. The lowest BCUT2D eigenvalue weighted by atomic mass is 10.0. The minimum absolute atomic E-state index is 0.129. The molecule has 8 heteroatoms. The third kappa shape index (κ3) is 8.48. The summed E-state index contributed by atoms with van der Waals surface area (Å²) >= 11 is 0. The van der Waals surface area contributed by atoms with Crippen molar-refractivity contribution in [3.8, 4) is 5.75 Å². The highest BCUT2D eigenvalue weighted by atomic mass is 16.5. The Bertz CT molecular complexity index is 840. The summed E-state index contributed by atoms with van der Waals surface area (Å²) in [6, 6.07) is 5.51. The van der Waals surface area contributed by atoms with Gasteiger partial charge in [0.1, 0.15) is 24.0 Å². The van der Waals surface area contributed by atoms with E-state index in [1.165, 1.54) is 17.0 Å². The zero-order valence-corrected chi connectivity index (χ0v) is 20.0. The van der Waals surface area contributed by atoms with Crippen LogP contribution < -0.4 is 5.73 Å². The Hall–Kier alpha value is -2.87. The lowest BCUT2D eigenvalue weighted by Gasteiger charge is -2.26. The average Bonchev–Trinajstić information content (AvgIpc) is 3.31. The molecule has 1 heterocycles. The summed E-state index contributed by atoms with van der Waals surface area (Å²) < 4.78 is 5.87. The van der Waals surface area contributed by atoms with Gasteiger partial charge in [0.15, 0.2) is 0 Å². The molecule has 2 amide bonds. The van der Waals surface area contributed by atoms with Gasteiger partial charge in [-0.05, 0) is 50.7 Å². The van der Waals surface area contributed by atoms with Crippen LogP contribution >= 0.6 is 0 Å². The van der Waals surface area contributed by atoms with Gasteiger partial charge in [0, 0.05) is 6.20 Å². The average molecular weight is 475 g/mol. The first-order valence-corrected chi connectivity index (χ1v) is 12.3. The van der Waals surface area contributed by atoms with E-state index in [9.17, 15) is 24.6 Å². The number of nitrogens with two attached hydrogens (primary N) is 1. The molecule has 188 valence electrons. The number of phenols is 1. The number of aliphatic hydroxyl groups excluding tert-OH is 1. The van der Waals surface area contributed by atoms with Crippen LogP contribution in [-0.2, 0) is 14.3 Å². The minimum atomic E-state index is -1.12. The highest BCUT2D eigenvalue weighted by Gasteiger charge is 2.34. The van der Waals surface area contributed by atoms with Crippen LogP contribution in [0, 0.1) is 0 Å². The number of aliphatic hydroxyl groups is 1. The molecule has 3 atom stereocenters. The smallest absolute Gasteiger partial charge is 0.329 e. The van der Waals surface area contributed by atoms with Crippen LogP contribution in [0.15, 0.2) is 36.5 Å². The predicted molar refractivity (Wildman–Crippen MR) is 129 cm³/mol. The maximum absolute atomic E-state index is 13.0. The molecular formula is C26H38N2O6. The first-order chi connectivity index (χ1) is 16.3. The summed E-state index contributed by atoms with van der Waals surface area (Å²) in [5.74, 6) is -1.73. The van der Waals surface area contributed by atoms with E-state index >= 15 is 0 Å². The largest absolute Gasteiger partial charge is 0.507 e. The SMILES string of the molecule is CCCCCCC(CCCCCC(O)C(N)=O)OC(=O)C1CC=CN1C(=O)c1ccccc1O. The van der Waals surface area contributed by atoms with Gasteiger partial charge in [0.05, 0.1) is 5.56 Å². The molecular weight excluding hydrogens is 436 g/mol. The lowest BCUT2D eigenvalue weighted by molar-refractivity contribution is -0.154. The Morgan fingerprint density at radius 2 is 1.71 bits per heavy atom. The molecule has 0 saturated heterocycles. The van der Waals surface area contributed by atoms with Crippen molar-refractivity contribution in [2.24, 2.45) is 5.73 Å². The molecule has 2 rings (SSSR count). The zero-order chi connectivity index (χ0) is 24.9. The van der Waals surface area contributed by atoms with Crippen LogP contribution in [0.2, 0.25) is 0 Å². The Morgan fingerprint density at radius 1 is 1.06 bits per heavy atom. The number of ether oxygens (including phenoxy) is 1. The fourth-order valence-electron chi connectivity index (χ4n) is 4.07. The highest BCUT2D eigenvalue weighted by Crippen LogP contribution is 2.25. The number of carbonyl (C=O) groups excluding carboxylic acids is 3. The van der Waals surface area contributed by atoms with Gasteiger partial charge in [0.25, 0.3) is 5.91 Å². The number of para-hydroxylation sites is 1. The van der Waals surface area contributed by atoms with Crippen LogP contribution in [-0.4, -0.2) is 51.1 Å². The quantitative estimate of drug-likeness (QED) is 0.262. The molecule has 8 nitrogen and oxygen atoms in total. The van der Waals surface area contributed by atoms with Gasteiger partial charge in [-0.3, -0.25) is 9.59 Å². The molecule has 0 aromatic heterocycles. The maximum Gasteiger partial charge on any atom is 0.329 e. The van der Waals surface area contributed by atoms with Gasteiger partial charge in [-0.15, -0.1) is 0 Å². The number of rotatable bonds is 15. The molecule has 0 radical (unpaired) electrons. The molecule has 3 unspecified atom stereocenters. The van der Waals surface area contributed by atoms with Crippen molar-refractivity contribution < 1.29 is 29.3 Å². The van der Waals surface area contributed by atoms with E-state index < -0.39 is 29.9 Å². The van der Waals surface area contributed by atoms with Crippen molar-refractivity contribution in [1.82, 2.24) is 4.90 Å². The molecule has 1 aromatic carbocycles. The number of hydrogen-bond donors (Lipinski definition) is 3. The van der Waals surface area contributed by atoms with Crippen LogP contribution in [0.4, 0.5) is 0 Å². The number of hydrogen-bond acceptors (Lipinski definition) is 6. The van der Waals surface area contributed by atoms with Gasteiger partial charge in [0.2, 0.25) is 5.91 Å². The van der Waals surface area contributed by atoms with Gasteiger partial charge in [-0.25, -0.2) is 4.79 Å². The number of benzene rings is 1. The van der Waals surface area contributed by atoms with Gasteiger partial charge in [-0.2, -0.15) is 0 Å². The summed E-state index contributed by atoms with van der Waals surface area (Å²) in [4.78, 5) is 38.2. The van der Waals surface area contributed by atoms with Gasteiger partial charge in [-0.1, -0.05) is 57.2 Å². The van der Waals surface area contributed by atoms with E-state index in [1.807, 2.05) is 0 Å². The Balaban J connectivity index is 1.93. The predicted octanol–water partition coefficient (Wildman–Crippen LogP) is 3.80. The number of carbonyl (C=O) groups is 3. The van der Waals surface area contributed by atoms with Crippen molar-refractivity contribution in [1.29, 1.82) is 0 Å². The Labute approximate surface area is 201 Å². The number of esters is 1. The summed E-state index contributed by atoms with van der Waals surface area (Å²) in [7, 11) is 0. The van der Waals surface area contributed by atoms with E-state index in [4.69, 9.17) is 10.5 Å². The number of phenolic OH excluding ortho intramolecular Hbond substituents is 1. The normalized spacial score (nSPS) is 16.9. The van der Waals surface area contributed by atoms with Gasteiger partial charge >= 0.3 is 5.97 Å². The molecule has 0 fully saturated rings. The molecule has 0 bridgehead atoms. The van der Waals surface area contributed by atoms with Crippen LogP contribution in [0.1, 0.15) is 87.9 Å². The van der Waals surface area contributed by atoms with E-state index in [0.717, 1.165) is 44.9 Å². The van der Waals surface area contributed by atoms with Crippen LogP contribution in [0.5, 0.6) is 5.75 Å². The van der Waals surface area contributed by atoms with E-state index in [-0.39, 0.29) is 17.4 Å². The fourth-order valence-corrected chi connectivity index (χ4v) is 4.07. The van der Waals surface area contributed by atoms with E-state index in [0.29, 0.717) is 25.7 Å². The summed E-state index contributed by atoms with van der Waals surface area (Å²) in [6.07, 6.45) is 10.6. The Kier molecular flexibility index (Phi) is 11.6. The number of amides is 2. The van der Waals surface area contributed by atoms with Crippen molar-refractivity contribution in [3.63, 3.8) is 0 Å². The highest BCUT2D eigenvalue weighted by molar-refractivity contribution is 6.00.